The monoisotopic (exact) mass is 859 g/mol. The Balaban J connectivity index is 0.000000288. The maximum atomic E-state index is 12.9. The van der Waals surface area contributed by atoms with Crippen LogP contribution in [0.5, 0.6) is 17.2 Å². The minimum atomic E-state index is -4.67. The molecular weight excluding hydrogens is 802 g/mol. The van der Waals surface area contributed by atoms with Crippen LogP contribution in [0.25, 0.3) is 0 Å². The third-order valence-electron chi connectivity index (χ3n) is 15.4. The second-order valence-corrected chi connectivity index (χ2v) is 19.2. The molecule has 14 atom stereocenters. The highest BCUT2D eigenvalue weighted by Crippen LogP contribution is 2.78. The van der Waals surface area contributed by atoms with Crippen molar-refractivity contribution in [3.63, 3.8) is 0 Å². The molecule has 14 unspecified atom stereocenters. The first kappa shape index (κ1) is 45.4. The summed E-state index contributed by atoms with van der Waals surface area (Å²) in [6, 6.07) is 1.30. The normalized spacial score (nSPS) is 45.8. The Morgan fingerprint density at radius 1 is 0.898 bits per heavy atom. The smallest absolute Gasteiger partial charge is 0.394 e. The third kappa shape index (κ3) is 6.56. The number of allylic oxidation sites excluding steroid dienone is 1. The molecule has 1 aromatic rings. The number of phenolic OH excluding ortho intramolecular Hbond substituents is 3. The molecule has 12 N–H and O–H groups in total. The highest BCUT2D eigenvalue weighted by atomic mass is 32.3. The molecule has 8 rings (SSSR count). The summed E-state index contributed by atoms with van der Waals surface area (Å²) >= 11 is 0. The molecule has 59 heavy (non-hydrogen) atoms. The molecule has 1 spiro atoms. The molecule has 7 fully saturated rings. The predicted octanol–water partition coefficient (Wildman–Crippen LogP) is 0.840. The first-order valence-corrected chi connectivity index (χ1v) is 21.1. The molecule has 0 radical (unpaired) electrons. The summed E-state index contributed by atoms with van der Waals surface area (Å²) in [5.74, 6) is -7.38. The maximum Gasteiger partial charge on any atom is 0.394 e. The van der Waals surface area contributed by atoms with Gasteiger partial charge in [-0.3, -0.25) is 14.0 Å². The third-order valence-corrected chi connectivity index (χ3v) is 15.4. The largest absolute Gasteiger partial charge is 0.504 e. The lowest BCUT2D eigenvalue weighted by Gasteiger charge is -2.68. The molecule has 4 bridgehead atoms. The number of carboxylic acid groups (broad SMARTS) is 1. The van der Waals surface area contributed by atoms with Crippen LogP contribution in [0.4, 0.5) is 0 Å². The topological polar surface area (TPSA) is 333 Å². The van der Waals surface area contributed by atoms with E-state index in [0.717, 1.165) is 18.6 Å². The second kappa shape index (κ2) is 14.5. The van der Waals surface area contributed by atoms with Gasteiger partial charge in [-0.25, -0.2) is 9.59 Å². The van der Waals surface area contributed by atoms with Crippen molar-refractivity contribution in [1.29, 1.82) is 0 Å². The van der Waals surface area contributed by atoms with Gasteiger partial charge in [-0.15, -0.1) is 0 Å². The molecule has 0 aromatic heterocycles. The number of carbonyl (C=O) groups excluding carboxylic acids is 1. The highest BCUT2D eigenvalue weighted by molar-refractivity contribution is 7.79. The van der Waals surface area contributed by atoms with E-state index in [1.54, 1.807) is 26.8 Å². The number of benzene rings is 1. The Kier molecular flexibility index (Phi) is 11.1. The summed E-state index contributed by atoms with van der Waals surface area (Å²) in [6.07, 6.45) is 2.30. The van der Waals surface area contributed by atoms with Crippen molar-refractivity contribution in [2.24, 2.45) is 29.1 Å². The van der Waals surface area contributed by atoms with E-state index < -0.39 is 109 Å². The Hall–Kier alpha value is -3.15. The van der Waals surface area contributed by atoms with Crippen molar-refractivity contribution in [3.8, 4) is 17.2 Å². The summed E-state index contributed by atoms with van der Waals surface area (Å²) in [7, 11) is -4.67. The van der Waals surface area contributed by atoms with Gasteiger partial charge < -0.3 is 60.5 Å². The number of nitrogens with zero attached hydrogens (tertiary/aromatic N) is 1. The average molecular weight is 860 g/mol. The van der Waals surface area contributed by atoms with E-state index in [9.17, 15) is 40.2 Å². The van der Waals surface area contributed by atoms with E-state index in [4.69, 9.17) is 47.4 Å². The van der Waals surface area contributed by atoms with Crippen molar-refractivity contribution in [2.75, 3.05) is 13.1 Å². The van der Waals surface area contributed by atoms with Crippen LogP contribution in [-0.4, -0.2) is 151 Å². The second-order valence-electron chi connectivity index (χ2n) is 18.3. The van der Waals surface area contributed by atoms with E-state index in [1.165, 1.54) is 0 Å². The van der Waals surface area contributed by atoms with Crippen molar-refractivity contribution in [2.45, 2.75) is 138 Å². The van der Waals surface area contributed by atoms with Gasteiger partial charge in [0.05, 0.1) is 17.3 Å². The number of carbonyl (C=O) groups is 2. The number of hydrogen-bond donors (Lipinski definition) is 12. The van der Waals surface area contributed by atoms with Gasteiger partial charge in [0.2, 0.25) is 5.79 Å². The van der Waals surface area contributed by atoms with Crippen molar-refractivity contribution >= 4 is 22.3 Å². The number of aromatic hydroxyl groups is 3. The van der Waals surface area contributed by atoms with E-state index >= 15 is 0 Å². The van der Waals surface area contributed by atoms with Gasteiger partial charge in [0.25, 0.3) is 0 Å². The van der Waals surface area contributed by atoms with Gasteiger partial charge in [-0.1, -0.05) is 19.9 Å². The standard InChI is InChI=1S/C32H49NO9.C7H6O5.H2O4S/c1-6-18(3)25(35)41-24-11-12-26(4)19-8-9-20-28(37)13-23(34)31(39)21(29(28,38)16-30(20,26)42-32(19,24)40)15-33-14-17(2)7-10-22(33)27(31,5)36;8-4-1-3(7(11)12)2-5(9)6(4)10;1-5(2,3)4/h6,17,19-24,34,36-40H,7-16H2,1-5H3;1-2,8-10H,(H,11,12);(H2,1,2,3,4). The number of carboxylic acids is 1. The molecule has 1 aromatic carbocycles. The maximum absolute atomic E-state index is 12.9. The lowest BCUT2D eigenvalue weighted by molar-refractivity contribution is -0.354. The number of ether oxygens (including phenoxy) is 2. The zero-order valence-corrected chi connectivity index (χ0v) is 34.3. The molecule has 3 heterocycles. The van der Waals surface area contributed by atoms with Crippen LogP contribution in [0, 0.1) is 29.1 Å². The Morgan fingerprint density at radius 3 is 2.03 bits per heavy atom. The van der Waals surface area contributed by atoms with Gasteiger partial charge in [0.15, 0.2) is 23.4 Å². The van der Waals surface area contributed by atoms with Gasteiger partial charge in [0.1, 0.15) is 22.4 Å². The summed E-state index contributed by atoms with van der Waals surface area (Å²) in [6.45, 7) is 10.1. The van der Waals surface area contributed by atoms with Gasteiger partial charge in [-0.2, -0.15) is 8.42 Å². The number of aliphatic hydroxyl groups is 6. The van der Waals surface area contributed by atoms with Crippen LogP contribution in [0.2, 0.25) is 0 Å². The number of piperidine rings is 2. The number of aliphatic hydroxyl groups excluding tert-OH is 1. The number of fused-ring (bicyclic) bond motifs is 5. The SMILES string of the molecule is CC=C(C)C(=O)OC1CCC2(C)C3CCC4C5(O)CC(O)C6(O)C(CN7CC(C)CCC7C6(C)O)C5(O)CC42OC13O.O=C(O)c1cc(O)c(O)c(O)c1.O=S(=O)(O)O. The number of hydrogen-bond acceptors (Lipinski definition) is 16. The molecule has 3 saturated heterocycles. The van der Waals surface area contributed by atoms with E-state index in [0.29, 0.717) is 50.1 Å². The van der Waals surface area contributed by atoms with Gasteiger partial charge in [0, 0.05) is 60.7 Å². The Morgan fingerprint density at radius 2 is 1.47 bits per heavy atom. The fourth-order valence-corrected chi connectivity index (χ4v) is 12.5. The lowest BCUT2D eigenvalue weighted by atomic mass is 9.49. The fourth-order valence-electron chi connectivity index (χ4n) is 12.5. The van der Waals surface area contributed by atoms with E-state index in [2.05, 4.69) is 11.8 Å². The zero-order valence-electron chi connectivity index (χ0n) is 33.5. The minimum Gasteiger partial charge on any atom is -0.504 e. The first-order chi connectivity index (χ1) is 27.0. The summed E-state index contributed by atoms with van der Waals surface area (Å²) in [5.41, 5.74) is -9.25. The quantitative estimate of drug-likeness (QED) is 0.0867. The van der Waals surface area contributed by atoms with E-state index in [-0.39, 0.29) is 31.0 Å². The molecule has 4 aliphatic carbocycles. The number of rotatable bonds is 3. The van der Waals surface area contributed by atoms with Crippen molar-refractivity contribution in [3.05, 3.63) is 29.3 Å². The number of phenols is 3. The number of aromatic carboxylic acids is 1. The molecule has 3 aliphatic heterocycles. The van der Waals surface area contributed by atoms with Crippen LogP contribution >= 0.6 is 0 Å². The first-order valence-electron chi connectivity index (χ1n) is 19.7. The molecule has 332 valence electrons. The van der Waals surface area contributed by atoms with E-state index in [1.807, 2.05) is 6.92 Å². The average Bonchev–Trinajstić information content (AvgIpc) is 3.29. The zero-order chi connectivity index (χ0) is 44.3. The number of esters is 1. The molecule has 20 heteroatoms. The summed E-state index contributed by atoms with van der Waals surface area (Å²) in [4.78, 5) is 25.2. The van der Waals surface area contributed by atoms with Crippen molar-refractivity contribution in [1.82, 2.24) is 4.90 Å². The summed E-state index contributed by atoms with van der Waals surface area (Å²) in [5, 5.41) is 109. The van der Waals surface area contributed by atoms with Gasteiger partial charge in [-0.05, 0) is 77.3 Å². The Bertz CT molecular complexity index is 1980. The molecule has 19 nitrogen and oxygen atoms in total. The molecule has 0 amide bonds. The van der Waals surface area contributed by atoms with Gasteiger partial charge >= 0.3 is 22.3 Å². The van der Waals surface area contributed by atoms with Crippen LogP contribution in [-0.2, 0) is 24.7 Å². The molecular formula is C39H57NO18S. The fraction of sp³-hybridized carbons (Fsp3) is 0.744. The highest BCUT2D eigenvalue weighted by Gasteiger charge is 2.88. The van der Waals surface area contributed by atoms with Crippen LogP contribution in [0.1, 0.15) is 96.3 Å². The predicted molar refractivity (Wildman–Crippen MR) is 202 cm³/mol. The van der Waals surface area contributed by atoms with Crippen LogP contribution in [0.15, 0.2) is 23.8 Å². The van der Waals surface area contributed by atoms with Crippen molar-refractivity contribution < 1.29 is 87.7 Å². The minimum absolute atomic E-state index is 0.0606. The molecule has 4 saturated carbocycles. The Labute approximate surface area is 341 Å². The van der Waals surface area contributed by atoms with Crippen LogP contribution < -0.4 is 0 Å². The lowest BCUT2D eigenvalue weighted by Crippen LogP contribution is -2.85. The summed E-state index contributed by atoms with van der Waals surface area (Å²) < 4.78 is 44.2. The molecule has 7 aliphatic rings. The van der Waals surface area contributed by atoms with Crippen LogP contribution in [0.3, 0.4) is 0 Å².